The molecule has 1 aromatic heterocycles. The lowest BCUT2D eigenvalue weighted by molar-refractivity contribution is 0.280. The van der Waals surface area contributed by atoms with E-state index in [2.05, 4.69) is 43.5 Å². The normalized spacial score (nSPS) is 11.7. The minimum atomic E-state index is 0.135. The Kier molecular flexibility index (Phi) is 7.16. The van der Waals surface area contributed by atoms with E-state index in [0.29, 0.717) is 29.0 Å². The van der Waals surface area contributed by atoms with Gasteiger partial charge in [0, 0.05) is 11.6 Å². The number of aryl methyl sites for hydroxylation is 1. The summed E-state index contributed by atoms with van der Waals surface area (Å²) in [7, 11) is 0. The summed E-state index contributed by atoms with van der Waals surface area (Å²) in [5, 5.41) is 1.06. The summed E-state index contributed by atoms with van der Waals surface area (Å²) in [5.74, 6) is 2.32. The van der Waals surface area contributed by atoms with Crippen molar-refractivity contribution in [3.05, 3.63) is 88.2 Å². The highest BCUT2D eigenvalue weighted by molar-refractivity contribution is 6.35. The summed E-state index contributed by atoms with van der Waals surface area (Å²) < 4.78 is 14.1. The molecule has 0 fully saturated rings. The topological polar surface area (TPSA) is 36.3 Å². The average Bonchev–Trinajstić information content (AvgIpc) is 3.13. The van der Waals surface area contributed by atoms with Crippen LogP contribution < -0.4 is 9.47 Å². The molecule has 172 valence electrons. The zero-order valence-electron chi connectivity index (χ0n) is 19.1. The van der Waals surface area contributed by atoms with E-state index in [1.807, 2.05) is 30.3 Å². The number of halogens is 2. The fourth-order valence-corrected chi connectivity index (χ4v) is 4.15. The molecule has 0 amide bonds. The Labute approximate surface area is 205 Å². The molecule has 33 heavy (non-hydrogen) atoms. The van der Waals surface area contributed by atoms with Crippen LogP contribution in [0, 0.1) is 0 Å². The van der Waals surface area contributed by atoms with Crippen molar-refractivity contribution in [2.45, 2.75) is 45.8 Å². The molecule has 0 aliphatic heterocycles. The highest BCUT2D eigenvalue weighted by Gasteiger charge is 2.14. The largest absolute Gasteiger partial charge is 0.494 e. The van der Waals surface area contributed by atoms with Crippen LogP contribution in [0.5, 0.6) is 11.5 Å². The van der Waals surface area contributed by atoms with Crippen molar-refractivity contribution in [3.63, 3.8) is 0 Å². The van der Waals surface area contributed by atoms with E-state index in [1.165, 1.54) is 5.56 Å². The lowest BCUT2D eigenvalue weighted by Gasteiger charge is -2.19. The third-order valence-corrected chi connectivity index (χ3v) is 6.03. The summed E-state index contributed by atoms with van der Waals surface area (Å²) in [6, 6.07) is 21.7. The Morgan fingerprint density at radius 2 is 1.67 bits per heavy atom. The number of hydrogen-bond donors (Lipinski definition) is 0. The molecule has 0 N–H and O–H groups in total. The van der Waals surface area contributed by atoms with Gasteiger partial charge < -0.3 is 14.0 Å². The lowest BCUT2D eigenvalue weighted by atomic mass is 9.87. The number of para-hydroxylation sites is 2. The van der Waals surface area contributed by atoms with Gasteiger partial charge in [0.25, 0.3) is 0 Å². The summed E-state index contributed by atoms with van der Waals surface area (Å²) in [6.07, 6.45) is 0.843. The van der Waals surface area contributed by atoms with E-state index in [4.69, 9.17) is 37.7 Å². The van der Waals surface area contributed by atoms with Crippen LogP contribution in [-0.4, -0.2) is 16.2 Å². The second kappa shape index (κ2) is 10.1. The average molecular weight is 483 g/mol. The number of hydrogen-bond acceptors (Lipinski definition) is 3. The first kappa shape index (κ1) is 23.5. The van der Waals surface area contributed by atoms with Crippen molar-refractivity contribution in [1.82, 2.24) is 9.55 Å². The quantitative estimate of drug-likeness (QED) is 0.241. The highest BCUT2D eigenvalue weighted by Crippen LogP contribution is 2.29. The molecule has 0 radical (unpaired) electrons. The van der Waals surface area contributed by atoms with E-state index in [0.717, 1.165) is 35.6 Å². The highest BCUT2D eigenvalue weighted by atomic mass is 35.5. The van der Waals surface area contributed by atoms with Gasteiger partial charge in [-0.2, -0.15) is 0 Å². The van der Waals surface area contributed by atoms with Gasteiger partial charge in [-0.1, -0.05) is 68.2 Å². The Hall–Kier alpha value is -2.69. The summed E-state index contributed by atoms with van der Waals surface area (Å²) in [5.41, 5.74) is 3.45. The van der Waals surface area contributed by atoms with Crippen molar-refractivity contribution in [1.29, 1.82) is 0 Å². The van der Waals surface area contributed by atoms with Crippen LogP contribution in [0.2, 0.25) is 10.0 Å². The first-order valence-corrected chi connectivity index (χ1v) is 11.8. The molecule has 4 aromatic rings. The number of nitrogens with zero attached hydrogens (tertiary/aromatic N) is 2. The molecule has 4 nitrogen and oxygen atoms in total. The van der Waals surface area contributed by atoms with Crippen molar-refractivity contribution >= 4 is 34.2 Å². The van der Waals surface area contributed by atoms with Crippen LogP contribution in [0.25, 0.3) is 11.0 Å². The van der Waals surface area contributed by atoms with Crippen LogP contribution >= 0.6 is 23.2 Å². The molecule has 0 atom stereocenters. The summed E-state index contributed by atoms with van der Waals surface area (Å²) in [4.78, 5) is 4.77. The van der Waals surface area contributed by atoms with Gasteiger partial charge >= 0.3 is 0 Å². The molecular weight excluding hydrogens is 455 g/mol. The van der Waals surface area contributed by atoms with E-state index < -0.39 is 0 Å². The maximum Gasteiger partial charge on any atom is 0.148 e. The molecule has 3 aromatic carbocycles. The van der Waals surface area contributed by atoms with Crippen LogP contribution in [0.1, 0.15) is 38.6 Å². The second-order valence-corrected chi connectivity index (χ2v) is 9.85. The van der Waals surface area contributed by atoms with Crippen molar-refractivity contribution in [2.75, 3.05) is 6.61 Å². The smallest absolute Gasteiger partial charge is 0.148 e. The molecule has 1 heterocycles. The predicted octanol–water partition coefficient (Wildman–Crippen LogP) is 7.69. The van der Waals surface area contributed by atoms with Crippen LogP contribution in [0.4, 0.5) is 0 Å². The predicted molar refractivity (Wildman–Crippen MR) is 136 cm³/mol. The van der Waals surface area contributed by atoms with Gasteiger partial charge in [-0.15, -0.1) is 0 Å². The summed E-state index contributed by atoms with van der Waals surface area (Å²) >= 11 is 12.2. The van der Waals surface area contributed by atoms with E-state index in [-0.39, 0.29) is 5.41 Å². The number of imidazole rings is 1. The maximum atomic E-state index is 6.26. The van der Waals surface area contributed by atoms with Crippen molar-refractivity contribution < 1.29 is 9.47 Å². The van der Waals surface area contributed by atoms with Gasteiger partial charge in [0.05, 0.1) is 22.7 Å². The molecule has 0 saturated heterocycles. The van der Waals surface area contributed by atoms with Gasteiger partial charge in [-0.3, -0.25) is 0 Å². The van der Waals surface area contributed by atoms with Crippen LogP contribution in [0.15, 0.2) is 66.7 Å². The van der Waals surface area contributed by atoms with Crippen molar-refractivity contribution in [2.24, 2.45) is 0 Å². The van der Waals surface area contributed by atoms with Gasteiger partial charge in [0.1, 0.15) is 23.9 Å². The Balaban J connectivity index is 1.41. The van der Waals surface area contributed by atoms with Crippen LogP contribution in [0.3, 0.4) is 0 Å². The fraction of sp³-hybridized carbons (Fsp3) is 0.296. The molecule has 0 bridgehead atoms. The number of aromatic nitrogens is 2. The number of ether oxygens (including phenoxy) is 2. The third-order valence-electron chi connectivity index (χ3n) is 5.50. The van der Waals surface area contributed by atoms with Gasteiger partial charge in [0.2, 0.25) is 0 Å². The maximum absolute atomic E-state index is 6.26. The number of rotatable bonds is 8. The molecule has 0 aliphatic rings. The molecule has 0 aliphatic carbocycles. The molecule has 4 rings (SSSR count). The Morgan fingerprint density at radius 1 is 0.909 bits per heavy atom. The molecule has 0 saturated carbocycles. The molecule has 6 heteroatoms. The first-order valence-electron chi connectivity index (χ1n) is 11.1. The SMILES string of the molecule is CC(C)(C)c1ccc(OCCCn2c(COc3ccc(Cl)cc3Cl)nc3ccccc32)cc1. The standard InChI is InChI=1S/C27H28Cl2N2O2/c1-27(2,3)19-9-12-21(13-10-19)32-16-6-15-31-24-8-5-4-7-23(24)30-26(31)18-33-25-14-11-20(28)17-22(25)29/h4-5,7-14,17H,6,15-16,18H2,1-3H3. The summed E-state index contributed by atoms with van der Waals surface area (Å²) in [6.45, 7) is 8.32. The van der Waals surface area contributed by atoms with Gasteiger partial charge in [-0.25, -0.2) is 4.98 Å². The van der Waals surface area contributed by atoms with Crippen LogP contribution in [-0.2, 0) is 18.6 Å². The molecular formula is C27H28Cl2N2O2. The van der Waals surface area contributed by atoms with Crippen molar-refractivity contribution in [3.8, 4) is 11.5 Å². The van der Waals surface area contributed by atoms with E-state index >= 15 is 0 Å². The third kappa shape index (κ3) is 5.82. The minimum absolute atomic E-state index is 0.135. The Bertz CT molecular complexity index is 1230. The van der Waals surface area contributed by atoms with Gasteiger partial charge in [0.15, 0.2) is 0 Å². The zero-order chi connectivity index (χ0) is 23.4. The molecule has 0 unspecified atom stereocenters. The van der Waals surface area contributed by atoms with E-state index in [9.17, 15) is 0 Å². The zero-order valence-corrected chi connectivity index (χ0v) is 20.7. The first-order chi connectivity index (χ1) is 15.8. The lowest BCUT2D eigenvalue weighted by Crippen LogP contribution is -2.11. The Morgan fingerprint density at radius 3 is 2.39 bits per heavy atom. The van der Waals surface area contributed by atoms with Gasteiger partial charge in [-0.05, 0) is 59.9 Å². The fourth-order valence-electron chi connectivity index (χ4n) is 3.68. The second-order valence-electron chi connectivity index (χ2n) is 9.01. The number of benzene rings is 3. The monoisotopic (exact) mass is 482 g/mol. The van der Waals surface area contributed by atoms with E-state index in [1.54, 1.807) is 18.2 Å². The minimum Gasteiger partial charge on any atom is -0.494 e. The molecule has 0 spiro atoms. The number of fused-ring (bicyclic) bond motifs is 1.